The van der Waals surface area contributed by atoms with Crippen molar-refractivity contribution >= 4 is 17.3 Å². The van der Waals surface area contributed by atoms with Gasteiger partial charge in [-0.25, -0.2) is 0 Å². The molecule has 0 heterocycles. The van der Waals surface area contributed by atoms with Gasteiger partial charge in [-0.1, -0.05) is 37.3 Å². The van der Waals surface area contributed by atoms with Crippen molar-refractivity contribution in [3.8, 4) is 0 Å². The molecule has 2 rings (SSSR count). The van der Waals surface area contributed by atoms with Gasteiger partial charge in [0, 0.05) is 11.4 Å². The Morgan fingerprint density at radius 2 is 1.79 bits per heavy atom. The number of carbonyl (C=O) groups excluding carboxylic acids is 1. The van der Waals surface area contributed by atoms with Gasteiger partial charge in [0.05, 0.1) is 6.42 Å². The number of hydrogen-bond donors (Lipinski definition) is 2. The number of rotatable bonds is 4. The van der Waals surface area contributed by atoms with E-state index in [9.17, 15) is 4.79 Å². The largest absolute Gasteiger partial charge is 0.398 e. The first kappa shape index (κ1) is 13.1. The molecule has 3 N–H and O–H groups in total. The summed E-state index contributed by atoms with van der Waals surface area (Å²) >= 11 is 0. The molecule has 19 heavy (non-hydrogen) atoms. The molecule has 98 valence electrons. The van der Waals surface area contributed by atoms with E-state index in [4.69, 9.17) is 5.73 Å². The molecule has 0 spiro atoms. The predicted molar refractivity (Wildman–Crippen MR) is 79.0 cm³/mol. The molecule has 0 fully saturated rings. The van der Waals surface area contributed by atoms with Crippen molar-refractivity contribution in [2.24, 2.45) is 0 Å². The Labute approximate surface area is 113 Å². The standard InChI is InChI=1S/C16H18N2O/c1-2-12-7-9-14(10-8-12)18-16(19)11-13-5-3-4-6-15(13)17/h3-10H,2,11,17H2,1H3,(H,18,19). The van der Waals surface area contributed by atoms with Crippen LogP contribution in [0.15, 0.2) is 48.5 Å². The predicted octanol–water partition coefficient (Wildman–Crippen LogP) is 3.01. The van der Waals surface area contributed by atoms with E-state index in [2.05, 4.69) is 12.2 Å². The minimum Gasteiger partial charge on any atom is -0.398 e. The van der Waals surface area contributed by atoms with Gasteiger partial charge < -0.3 is 11.1 Å². The van der Waals surface area contributed by atoms with Crippen molar-refractivity contribution in [2.45, 2.75) is 19.8 Å². The average molecular weight is 254 g/mol. The zero-order valence-corrected chi connectivity index (χ0v) is 11.0. The number of nitrogens with one attached hydrogen (secondary N) is 1. The lowest BCUT2D eigenvalue weighted by Crippen LogP contribution is -2.15. The highest BCUT2D eigenvalue weighted by atomic mass is 16.1. The summed E-state index contributed by atoms with van der Waals surface area (Å²) in [5, 5.41) is 2.87. The lowest BCUT2D eigenvalue weighted by molar-refractivity contribution is -0.115. The Hall–Kier alpha value is -2.29. The van der Waals surface area contributed by atoms with Crippen molar-refractivity contribution in [2.75, 3.05) is 11.1 Å². The molecule has 0 radical (unpaired) electrons. The van der Waals surface area contributed by atoms with Crippen molar-refractivity contribution in [1.82, 2.24) is 0 Å². The second-order valence-corrected chi connectivity index (χ2v) is 4.47. The number of amides is 1. The summed E-state index contributed by atoms with van der Waals surface area (Å²) in [6.07, 6.45) is 1.29. The molecule has 3 nitrogen and oxygen atoms in total. The fraction of sp³-hybridized carbons (Fsp3) is 0.188. The molecule has 0 saturated heterocycles. The number of benzene rings is 2. The molecular formula is C16H18N2O. The Balaban J connectivity index is 1.99. The average Bonchev–Trinajstić information content (AvgIpc) is 2.42. The quantitative estimate of drug-likeness (QED) is 0.824. The maximum absolute atomic E-state index is 11.9. The third-order valence-electron chi connectivity index (χ3n) is 3.05. The molecule has 0 aromatic heterocycles. The molecule has 0 saturated carbocycles. The van der Waals surface area contributed by atoms with Gasteiger partial charge in [-0.3, -0.25) is 4.79 Å². The van der Waals surface area contributed by atoms with Crippen LogP contribution in [0.2, 0.25) is 0 Å². The molecule has 2 aromatic rings. The smallest absolute Gasteiger partial charge is 0.228 e. The molecule has 0 bridgehead atoms. The Morgan fingerprint density at radius 3 is 2.42 bits per heavy atom. The number of carbonyl (C=O) groups is 1. The van der Waals surface area contributed by atoms with Crippen molar-refractivity contribution < 1.29 is 4.79 Å². The molecule has 0 aliphatic heterocycles. The first-order valence-corrected chi connectivity index (χ1v) is 6.41. The van der Waals surface area contributed by atoms with E-state index in [1.54, 1.807) is 6.07 Å². The third kappa shape index (κ3) is 3.58. The Morgan fingerprint density at radius 1 is 1.11 bits per heavy atom. The van der Waals surface area contributed by atoms with Crippen molar-refractivity contribution in [1.29, 1.82) is 0 Å². The van der Waals surface area contributed by atoms with E-state index in [1.807, 2.05) is 42.5 Å². The Bertz CT molecular complexity index is 561. The molecule has 0 atom stereocenters. The fourth-order valence-corrected chi connectivity index (χ4v) is 1.90. The van der Waals surface area contributed by atoms with Crippen LogP contribution in [0.25, 0.3) is 0 Å². The van der Waals surface area contributed by atoms with E-state index in [-0.39, 0.29) is 5.91 Å². The number of nitrogen functional groups attached to an aromatic ring is 1. The van der Waals surface area contributed by atoms with Gasteiger partial charge in [0.15, 0.2) is 0 Å². The van der Waals surface area contributed by atoms with Gasteiger partial charge in [0.2, 0.25) is 5.91 Å². The van der Waals surface area contributed by atoms with Gasteiger partial charge in [-0.15, -0.1) is 0 Å². The van der Waals surface area contributed by atoms with Crippen LogP contribution < -0.4 is 11.1 Å². The van der Waals surface area contributed by atoms with Crippen LogP contribution in [-0.2, 0) is 17.6 Å². The van der Waals surface area contributed by atoms with Crippen LogP contribution in [0.3, 0.4) is 0 Å². The summed E-state index contributed by atoms with van der Waals surface area (Å²) < 4.78 is 0. The molecule has 0 unspecified atom stereocenters. The highest BCUT2D eigenvalue weighted by Gasteiger charge is 2.06. The Kier molecular flexibility index (Phi) is 4.18. The summed E-state index contributed by atoms with van der Waals surface area (Å²) in [7, 11) is 0. The molecule has 0 aliphatic carbocycles. The summed E-state index contributed by atoms with van der Waals surface area (Å²) in [5.41, 5.74) is 9.40. The van der Waals surface area contributed by atoms with Crippen LogP contribution in [0.1, 0.15) is 18.1 Å². The van der Waals surface area contributed by atoms with Crippen molar-refractivity contribution in [3.05, 3.63) is 59.7 Å². The summed E-state index contributed by atoms with van der Waals surface area (Å²) in [5.74, 6) is -0.0536. The number of para-hydroxylation sites is 1. The first-order valence-electron chi connectivity index (χ1n) is 6.41. The number of aryl methyl sites for hydroxylation is 1. The summed E-state index contributed by atoms with van der Waals surface area (Å²) in [6.45, 7) is 2.10. The maximum Gasteiger partial charge on any atom is 0.228 e. The van der Waals surface area contributed by atoms with Crippen LogP contribution >= 0.6 is 0 Å². The third-order valence-corrected chi connectivity index (χ3v) is 3.05. The second kappa shape index (κ2) is 6.05. The lowest BCUT2D eigenvalue weighted by Gasteiger charge is -2.07. The van der Waals surface area contributed by atoms with E-state index >= 15 is 0 Å². The van der Waals surface area contributed by atoms with E-state index in [0.717, 1.165) is 17.7 Å². The zero-order chi connectivity index (χ0) is 13.7. The van der Waals surface area contributed by atoms with Crippen LogP contribution in [0.5, 0.6) is 0 Å². The monoisotopic (exact) mass is 254 g/mol. The van der Waals surface area contributed by atoms with Gasteiger partial charge in [-0.2, -0.15) is 0 Å². The zero-order valence-electron chi connectivity index (χ0n) is 11.0. The van der Waals surface area contributed by atoms with E-state index in [1.165, 1.54) is 5.56 Å². The molecule has 3 heteroatoms. The maximum atomic E-state index is 11.9. The molecule has 0 aliphatic rings. The van der Waals surface area contributed by atoms with E-state index < -0.39 is 0 Å². The minimum absolute atomic E-state index is 0.0536. The molecule has 1 amide bonds. The van der Waals surface area contributed by atoms with Gasteiger partial charge in [0.1, 0.15) is 0 Å². The van der Waals surface area contributed by atoms with Gasteiger partial charge in [-0.05, 0) is 35.7 Å². The van der Waals surface area contributed by atoms with Crippen LogP contribution in [-0.4, -0.2) is 5.91 Å². The van der Waals surface area contributed by atoms with Gasteiger partial charge in [0.25, 0.3) is 0 Å². The van der Waals surface area contributed by atoms with Gasteiger partial charge >= 0.3 is 0 Å². The summed E-state index contributed by atoms with van der Waals surface area (Å²) in [6, 6.07) is 15.3. The van der Waals surface area contributed by atoms with Crippen LogP contribution in [0.4, 0.5) is 11.4 Å². The number of nitrogens with two attached hydrogens (primary N) is 1. The van der Waals surface area contributed by atoms with Crippen LogP contribution in [0, 0.1) is 0 Å². The summed E-state index contributed by atoms with van der Waals surface area (Å²) in [4.78, 5) is 11.9. The highest BCUT2D eigenvalue weighted by Crippen LogP contribution is 2.14. The first-order chi connectivity index (χ1) is 9.19. The van der Waals surface area contributed by atoms with Crippen molar-refractivity contribution in [3.63, 3.8) is 0 Å². The second-order valence-electron chi connectivity index (χ2n) is 4.47. The highest BCUT2D eigenvalue weighted by molar-refractivity contribution is 5.92. The topological polar surface area (TPSA) is 55.1 Å². The SMILES string of the molecule is CCc1ccc(NC(=O)Cc2ccccc2N)cc1. The normalized spacial score (nSPS) is 10.2. The number of anilines is 2. The number of hydrogen-bond acceptors (Lipinski definition) is 2. The lowest BCUT2D eigenvalue weighted by atomic mass is 10.1. The fourth-order valence-electron chi connectivity index (χ4n) is 1.90. The molecule has 2 aromatic carbocycles. The molecular weight excluding hydrogens is 236 g/mol. The van der Waals surface area contributed by atoms with E-state index in [0.29, 0.717) is 12.1 Å². The minimum atomic E-state index is -0.0536.